The molecule has 7 heteroatoms. The molecule has 33 heavy (non-hydrogen) atoms. The van der Waals surface area contributed by atoms with Crippen molar-refractivity contribution in [2.45, 2.75) is 31.6 Å². The fraction of sp³-hybridized carbons (Fsp3) is 0.423. The van der Waals surface area contributed by atoms with E-state index in [4.69, 9.17) is 4.42 Å². The van der Waals surface area contributed by atoms with Gasteiger partial charge in [-0.05, 0) is 55.4 Å². The SMILES string of the molecule is O=C1Nc2ccccc2C1C1CCN(C(=O)C2CCN(c3nc4ccccc4o3)CC2)CC1. The molecular weight excluding hydrogens is 416 g/mol. The third-order valence-electron chi connectivity index (χ3n) is 7.56. The number of rotatable bonds is 3. The highest BCUT2D eigenvalue weighted by Crippen LogP contribution is 2.41. The summed E-state index contributed by atoms with van der Waals surface area (Å²) in [7, 11) is 0. The average Bonchev–Trinajstić information content (AvgIpc) is 3.44. The van der Waals surface area contributed by atoms with Crippen molar-refractivity contribution in [2.24, 2.45) is 11.8 Å². The number of nitrogens with one attached hydrogen (secondary N) is 1. The Bertz CT molecular complexity index is 1160. The largest absolute Gasteiger partial charge is 0.423 e. The van der Waals surface area contributed by atoms with Crippen LogP contribution in [-0.2, 0) is 9.59 Å². The number of aromatic nitrogens is 1. The molecule has 4 heterocycles. The quantitative estimate of drug-likeness (QED) is 0.660. The number of fused-ring (bicyclic) bond motifs is 2. The van der Waals surface area contributed by atoms with Gasteiger partial charge < -0.3 is 19.5 Å². The Kier molecular flexibility index (Phi) is 5.04. The molecule has 0 bridgehead atoms. The molecule has 3 aliphatic heterocycles. The van der Waals surface area contributed by atoms with Crippen LogP contribution < -0.4 is 10.2 Å². The number of piperidine rings is 2. The molecule has 7 nitrogen and oxygen atoms in total. The van der Waals surface area contributed by atoms with Gasteiger partial charge in [-0.25, -0.2) is 0 Å². The number of carbonyl (C=O) groups is 2. The van der Waals surface area contributed by atoms with E-state index < -0.39 is 0 Å². The maximum Gasteiger partial charge on any atom is 0.298 e. The highest BCUT2D eigenvalue weighted by Gasteiger charge is 2.39. The fourth-order valence-electron chi connectivity index (χ4n) is 5.73. The molecule has 0 saturated carbocycles. The second kappa shape index (κ2) is 8.21. The lowest BCUT2D eigenvalue weighted by molar-refractivity contribution is -0.137. The first-order valence-corrected chi connectivity index (χ1v) is 12.0. The van der Waals surface area contributed by atoms with E-state index in [9.17, 15) is 9.59 Å². The van der Waals surface area contributed by atoms with Gasteiger partial charge in [-0.3, -0.25) is 9.59 Å². The molecule has 170 valence electrons. The number of para-hydroxylation sites is 3. The molecule has 3 aliphatic rings. The Morgan fingerprint density at radius 1 is 0.939 bits per heavy atom. The first-order chi connectivity index (χ1) is 16.2. The standard InChI is InChI=1S/C26H28N4O3/c31-24-23(19-5-1-2-6-20(19)27-24)17-9-13-29(14-10-17)25(32)18-11-15-30(16-12-18)26-28-21-7-3-4-8-22(21)33-26/h1-8,17-18,23H,9-16H2,(H,27,31). The molecular formula is C26H28N4O3. The van der Waals surface area contributed by atoms with Crippen LogP contribution in [0.4, 0.5) is 11.7 Å². The Hall–Kier alpha value is -3.35. The molecule has 1 N–H and O–H groups in total. The van der Waals surface area contributed by atoms with E-state index >= 15 is 0 Å². The molecule has 2 fully saturated rings. The summed E-state index contributed by atoms with van der Waals surface area (Å²) in [6, 6.07) is 16.4. The summed E-state index contributed by atoms with van der Waals surface area (Å²) in [4.78, 5) is 34.6. The lowest BCUT2D eigenvalue weighted by Gasteiger charge is -2.38. The van der Waals surface area contributed by atoms with Gasteiger partial charge >= 0.3 is 0 Å². The Labute approximate surface area is 192 Å². The van der Waals surface area contributed by atoms with Gasteiger partial charge in [0.2, 0.25) is 11.8 Å². The maximum atomic E-state index is 13.2. The smallest absolute Gasteiger partial charge is 0.298 e. The van der Waals surface area contributed by atoms with Crippen LogP contribution in [0.5, 0.6) is 0 Å². The first-order valence-electron chi connectivity index (χ1n) is 12.0. The van der Waals surface area contributed by atoms with Crippen molar-refractivity contribution in [1.29, 1.82) is 0 Å². The van der Waals surface area contributed by atoms with Crippen molar-refractivity contribution >= 4 is 34.6 Å². The molecule has 2 aromatic carbocycles. The van der Waals surface area contributed by atoms with Crippen LogP contribution in [0.25, 0.3) is 11.1 Å². The van der Waals surface area contributed by atoms with Crippen LogP contribution in [0, 0.1) is 11.8 Å². The van der Waals surface area contributed by atoms with Gasteiger partial charge in [-0.1, -0.05) is 30.3 Å². The van der Waals surface area contributed by atoms with Gasteiger partial charge in [0.15, 0.2) is 5.58 Å². The van der Waals surface area contributed by atoms with Crippen LogP contribution in [0.1, 0.15) is 37.2 Å². The van der Waals surface area contributed by atoms with Gasteiger partial charge in [0.1, 0.15) is 5.52 Å². The topological polar surface area (TPSA) is 78.7 Å². The van der Waals surface area contributed by atoms with E-state index in [0.29, 0.717) is 11.9 Å². The molecule has 2 amide bonds. The molecule has 0 spiro atoms. The molecule has 1 aromatic heterocycles. The number of oxazole rings is 1. The third-order valence-corrected chi connectivity index (χ3v) is 7.56. The second-order valence-corrected chi connectivity index (χ2v) is 9.44. The van der Waals surface area contributed by atoms with Crippen molar-refractivity contribution in [1.82, 2.24) is 9.88 Å². The monoisotopic (exact) mass is 444 g/mol. The average molecular weight is 445 g/mol. The van der Waals surface area contributed by atoms with E-state index in [1.165, 1.54) is 0 Å². The summed E-state index contributed by atoms with van der Waals surface area (Å²) < 4.78 is 5.90. The van der Waals surface area contributed by atoms with Crippen LogP contribution in [-0.4, -0.2) is 47.9 Å². The van der Waals surface area contributed by atoms with Gasteiger partial charge in [-0.15, -0.1) is 0 Å². The highest BCUT2D eigenvalue weighted by molar-refractivity contribution is 6.03. The van der Waals surface area contributed by atoms with Crippen LogP contribution in [0.15, 0.2) is 52.9 Å². The molecule has 6 rings (SSSR count). The number of benzene rings is 2. The number of carbonyl (C=O) groups excluding carboxylic acids is 2. The second-order valence-electron chi connectivity index (χ2n) is 9.44. The minimum atomic E-state index is -0.0852. The number of amides is 2. The number of likely N-dealkylation sites (tertiary alicyclic amines) is 1. The predicted molar refractivity (Wildman–Crippen MR) is 126 cm³/mol. The number of hydrogen-bond donors (Lipinski definition) is 1. The maximum absolute atomic E-state index is 13.2. The van der Waals surface area contributed by atoms with Crippen molar-refractivity contribution in [2.75, 3.05) is 36.4 Å². The lowest BCUT2D eigenvalue weighted by Crippen LogP contribution is -2.46. The Balaban J connectivity index is 1.04. The molecule has 1 unspecified atom stereocenters. The van der Waals surface area contributed by atoms with E-state index in [0.717, 1.165) is 74.2 Å². The summed E-state index contributed by atoms with van der Waals surface area (Å²) in [6.45, 7) is 3.03. The Morgan fingerprint density at radius 3 is 2.45 bits per heavy atom. The first kappa shape index (κ1) is 20.3. The molecule has 0 aliphatic carbocycles. The summed E-state index contributed by atoms with van der Waals surface area (Å²) in [5.74, 6) is 0.629. The summed E-state index contributed by atoms with van der Waals surface area (Å²) in [5, 5.41) is 3.02. The van der Waals surface area contributed by atoms with Gasteiger partial charge in [0.05, 0.1) is 5.92 Å². The van der Waals surface area contributed by atoms with Crippen molar-refractivity contribution in [3.63, 3.8) is 0 Å². The zero-order chi connectivity index (χ0) is 22.4. The lowest BCUT2D eigenvalue weighted by atomic mass is 9.80. The van der Waals surface area contributed by atoms with E-state index in [2.05, 4.69) is 21.3 Å². The van der Waals surface area contributed by atoms with Crippen molar-refractivity contribution < 1.29 is 14.0 Å². The van der Waals surface area contributed by atoms with E-state index in [1.54, 1.807) is 0 Å². The summed E-state index contributed by atoms with van der Waals surface area (Å²) in [5.41, 5.74) is 3.72. The fourth-order valence-corrected chi connectivity index (χ4v) is 5.73. The highest BCUT2D eigenvalue weighted by atomic mass is 16.4. The molecule has 1 atom stereocenters. The summed E-state index contributed by atoms with van der Waals surface area (Å²) in [6.07, 6.45) is 3.38. The third kappa shape index (κ3) is 3.65. The minimum Gasteiger partial charge on any atom is -0.423 e. The molecule has 0 radical (unpaired) electrons. The van der Waals surface area contributed by atoms with E-state index in [1.807, 2.05) is 47.4 Å². The normalized spacial score (nSPS) is 21.9. The van der Waals surface area contributed by atoms with Crippen molar-refractivity contribution in [3.05, 3.63) is 54.1 Å². The van der Waals surface area contributed by atoms with Crippen molar-refractivity contribution in [3.8, 4) is 0 Å². The molecule has 2 saturated heterocycles. The predicted octanol–water partition coefficient (Wildman–Crippen LogP) is 4.02. The van der Waals surface area contributed by atoms with Gasteiger partial charge in [0, 0.05) is 37.8 Å². The number of hydrogen-bond acceptors (Lipinski definition) is 5. The number of nitrogens with zero attached hydrogens (tertiary/aromatic N) is 3. The van der Waals surface area contributed by atoms with Crippen LogP contribution in [0.2, 0.25) is 0 Å². The van der Waals surface area contributed by atoms with Crippen LogP contribution >= 0.6 is 0 Å². The minimum absolute atomic E-state index is 0.0534. The van der Waals surface area contributed by atoms with E-state index in [-0.39, 0.29) is 23.7 Å². The van der Waals surface area contributed by atoms with Crippen LogP contribution in [0.3, 0.4) is 0 Å². The summed E-state index contributed by atoms with van der Waals surface area (Å²) >= 11 is 0. The number of anilines is 2. The Morgan fingerprint density at radius 2 is 1.67 bits per heavy atom. The van der Waals surface area contributed by atoms with Gasteiger partial charge in [-0.2, -0.15) is 4.98 Å². The zero-order valence-corrected chi connectivity index (χ0v) is 18.6. The zero-order valence-electron chi connectivity index (χ0n) is 18.6. The molecule has 3 aromatic rings. The van der Waals surface area contributed by atoms with Gasteiger partial charge in [0.25, 0.3) is 6.01 Å².